The Morgan fingerprint density at radius 2 is 1.20 bits per heavy atom. The average Bonchev–Trinajstić information content (AvgIpc) is 2.74. The second-order valence-corrected chi connectivity index (χ2v) is 7.71. The minimum absolute atomic E-state index is 0.0334. The fourth-order valence-electron chi connectivity index (χ4n) is 2.91. The summed E-state index contributed by atoms with van der Waals surface area (Å²) in [6, 6.07) is 0. The number of hydrogen-bond donors (Lipinski definition) is 1. The van der Waals surface area contributed by atoms with Gasteiger partial charge in [-0.25, -0.2) is 0 Å². The van der Waals surface area contributed by atoms with Crippen molar-refractivity contribution in [2.24, 2.45) is 11.8 Å². The summed E-state index contributed by atoms with van der Waals surface area (Å²) < 4.78 is 15.8. The van der Waals surface area contributed by atoms with Crippen LogP contribution in [0.1, 0.15) is 91.4 Å². The number of hydrogen-bond acceptors (Lipinski definition) is 7. The first-order valence-electron chi connectivity index (χ1n) is 11.6. The molecule has 0 rings (SSSR count). The summed E-state index contributed by atoms with van der Waals surface area (Å²) in [4.78, 5) is 37.1. The summed E-state index contributed by atoms with van der Waals surface area (Å²) in [5, 5.41) is 8.79. The monoisotopic (exact) mass is 430 g/mol. The van der Waals surface area contributed by atoms with Crippen LogP contribution >= 0.6 is 0 Å². The van der Waals surface area contributed by atoms with E-state index in [-0.39, 0.29) is 26.2 Å². The molecule has 2 unspecified atom stereocenters. The maximum Gasteiger partial charge on any atom is 0.310 e. The Morgan fingerprint density at radius 3 is 1.73 bits per heavy atom. The van der Waals surface area contributed by atoms with Crippen LogP contribution in [0.2, 0.25) is 0 Å². The summed E-state index contributed by atoms with van der Waals surface area (Å²) in [7, 11) is 0. The number of aliphatic hydroxyl groups excluding tert-OH is 1. The van der Waals surface area contributed by atoms with Crippen LogP contribution in [0.4, 0.5) is 0 Å². The van der Waals surface area contributed by atoms with E-state index in [1.54, 1.807) is 6.92 Å². The van der Waals surface area contributed by atoms with Gasteiger partial charge in [-0.05, 0) is 25.7 Å². The third kappa shape index (κ3) is 14.4. The number of esters is 3. The van der Waals surface area contributed by atoms with Gasteiger partial charge in [-0.15, -0.1) is 0 Å². The maximum absolute atomic E-state index is 12.6. The molecule has 176 valence electrons. The van der Waals surface area contributed by atoms with E-state index in [4.69, 9.17) is 19.3 Å². The summed E-state index contributed by atoms with van der Waals surface area (Å²) in [6.45, 7) is 6.60. The van der Waals surface area contributed by atoms with Gasteiger partial charge >= 0.3 is 17.9 Å². The first-order chi connectivity index (χ1) is 14.5. The smallest absolute Gasteiger partial charge is 0.310 e. The normalized spacial score (nSPS) is 12.8. The number of aliphatic hydroxyl groups is 1. The lowest BCUT2D eigenvalue weighted by Crippen LogP contribution is -2.33. The van der Waals surface area contributed by atoms with Gasteiger partial charge in [0.15, 0.2) is 0 Å². The lowest BCUT2D eigenvalue weighted by atomic mass is 9.91. The Hall–Kier alpha value is -1.63. The van der Waals surface area contributed by atoms with Gasteiger partial charge in [0.05, 0.1) is 38.1 Å². The first kappa shape index (κ1) is 28.4. The van der Waals surface area contributed by atoms with Crippen molar-refractivity contribution in [3.8, 4) is 0 Å². The van der Waals surface area contributed by atoms with Crippen molar-refractivity contribution in [3.05, 3.63) is 0 Å². The lowest BCUT2D eigenvalue weighted by Gasteiger charge is -2.21. The van der Waals surface area contributed by atoms with Gasteiger partial charge in [0.2, 0.25) is 0 Å². The zero-order valence-electron chi connectivity index (χ0n) is 19.2. The van der Waals surface area contributed by atoms with Crippen LogP contribution < -0.4 is 0 Å². The van der Waals surface area contributed by atoms with Crippen molar-refractivity contribution in [2.45, 2.75) is 91.4 Å². The average molecular weight is 431 g/mol. The Labute approximate surface area is 181 Å². The highest BCUT2D eigenvalue weighted by molar-refractivity contribution is 5.85. The van der Waals surface area contributed by atoms with Crippen molar-refractivity contribution in [1.82, 2.24) is 0 Å². The van der Waals surface area contributed by atoms with E-state index in [1.165, 1.54) is 0 Å². The Kier molecular flexibility index (Phi) is 18.3. The Balaban J connectivity index is 4.71. The van der Waals surface area contributed by atoms with Gasteiger partial charge in [-0.2, -0.15) is 0 Å². The maximum atomic E-state index is 12.6. The number of unbranched alkanes of at least 4 members (excludes halogenated alkanes) is 7. The van der Waals surface area contributed by atoms with Crippen LogP contribution in [0.3, 0.4) is 0 Å². The van der Waals surface area contributed by atoms with Crippen LogP contribution in [0.5, 0.6) is 0 Å². The Bertz CT molecular complexity index is 464. The molecule has 0 saturated carbocycles. The highest BCUT2D eigenvalue weighted by Crippen LogP contribution is 2.21. The van der Waals surface area contributed by atoms with Crippen molar-refractivity contribution < 1.29 is 33.7 Å². The van der Waals surface area contributed by atoms with E-state index in [2.05, 4.69) is 13.8 Å². The van der Waals surface area contributed by atoms with Crippen LogP contribution in [0.15, 0.2) is 0 Å². The van der Waals surface area contributed by atoms with Gasteiger partial charge in [-0.1, -0.05) is 59.3 Å². The predicted molar refractivity (Wildman–Crippen MR) is 115 cm³/mol. The highest BCUT2D eigenvalue weighted by atomic mass is 16.5. The van der Waals surface area contributed by atoms with E-state index in [0.717, 1.165) is 51.4 Å². The van der Waals surface area contributed by atoms with E-state index < -0.39 is 29.7 Å². The van der Waals surface area contributed by atoms with E-state index >= 15 is 0 Å². The molecule has 0 aliphatic heterocycles. The van der Waals surface area contributed by atoms with Crippen molar-refractivity contribution in [1.29, 1.82) is 0 Å². The van der Waals surface area contributed by atoms with E-state index in [9.17, 15) is 14.4 Å². The molecular weight excluding hydrogens is 388 g/mol. The molecule has 7 heteroatoms. The van der Waals surface area contributed by atoms with Gasteiger partial charge in [0.1, 0.15) is 0 Å². The van der Waals surface area contributed by atoms with E-state index in [0.29, 0.717) is 19.4 Å². The first-order valence-corrected chi connectivity index (χ1v) is 11.6. The van der Waals surface area contributed by atoms with Crippen LogP contribution in [0.25, 0.3) is 0 Å². The number of ether oxygens (including phenoxy) is 3. The second-order valence-electron chi connectivity index (χ2n) is 7.71. The standard InChI is InChI=1S/C23H42O7/c1-4-6-8-11-16-29-22(26)19(3)20(18-21(25)28-15-13-10-14-24)23(27)30-17-12-9-7-5-2/h19-20,24H,4-18H2,1-3H3. The minimum Gasteiger partial charge on any atom is -0.466 e. The van der Waals surface area contributed by atoms with Crippen LogP contribution in [-0.4, -0.2) is 49.4 Å². The summed E-state index contributed by atoms with van der Waals surface area (Å²) in [5.41, 5.74) is 0. The van der Waals surface area contributed by atoms with Crippen molar-refractivity contribution in [3.63, 3.8) is 0 Å². The molecule has 0 spiro atoms. The molecule has 30 heavy (non-hydrogen) atoms. The largest absolute Gasteiger partial charge is 0.466 e. The SMILES string of the molecule is CCCCCCOC(=O)C(C)C(CC(=O)OCCCCO)C(=O)OCCCCCC. The molecule has 0 aromatic heterocycles. The molecule has 2 atom stereocenters. The molecule has 0 heterocycles. The summed E-state index contributed by atoms with van der Waals surface area (Å²) >= 11 is 0. The van der Waals surface area contributed by atoms with Crippen molar-refractivity contribution >= 4 is 17.9 Å². The second kappa shape index (κ2) is 19.3. The molecule has 1 N–H and O–H groups in total. The topological polar surface area (TPSA) is 99.1 Å². The summed E-state index contributed by atoms with van der Waals surface area (Å²) in [5.74, 6) is -3.32. The number of rotatable bonds is 19. The zero-order chi connectivity index (χ0) is 22.6. The fourth-order valence-corrected chi connectivity index (χ4v) is 2.91. The zero-order valence-corrected chi connectivity index (χ0v) is 19.2. The summed E-state index contributed by atoms with van der Waals surface area (Å²) in [6.07, 6.45) is 8.69. The van der Waals surface area contributed by atoms with Gasteiger partial charge in [0.25, 0.3) is 0 Å². The third-order valence-electron chi connectivity index (χ3n) is 4.96. The number of carbonyl (C=O) groups excluding carboxylic acids is 3. The molecule has 0 aliphatic rings. The molecule has 0 fully saturated rings. The Morgan fingerprint density at radius 1 is 0.700 bits per heavy atom. The van der Waals surface area contributed by atoms with Gasteiger partial charge in [0, 0.05) is 6.61 Å². The van der Waals surface area contributed by atoms with Gasteiger partial charge < -0.3 is 19.3 Å². The van der Waals surface area contributed by atoms with Crippen LogP contribution in [0, 0.1) is 11.8 Å². The third-order valence-corrected chi connectivity index (χ3v) is 4.96. The molecule has 0 amide bonds. The molecule has 0 bridgehead atoms. The molecule has 0 saturated heterocycles. The molecular formula is C23H42O7. The number of carbonyl (C=O) groups is 3. The quantitative estimate of drug-likeness (QED) is 0.186. The molecule has 7 nitrogen and oxygen atoms in total. The van der Waals surface area contributed by atoms with Gasteiger partial charge in [-0.3, -0.25) is 14.4 Å². The molecule has 0 aliphatic carbocycles. The highest BCUT2D eigenvalue weighted by Gasteiger charge is 2.35. The molecule has 0 aromatic rings. The fraction of sp³-hybridized carbons (Fsp3) is 0.870. The van der Waals surface area contributed by atoms with E-state index in [1.807, 2.05) is 0 Å². The molecule has 0 radical (unpaired) electrons. The predicted octanol–water partition coefficient (Wildman–Crippen LogP) is 4.19. The van der Waals surface area contributed by atoms with Crippen LogP contribution in [-0.2, 0) is 28.6 Å². The minimum atomic E-state index is -0.926. The van der Waals surface area contributed by atoms with Crippen molar-refractivity contribution in [2.75, 3.05) is 26.4 Å². The lowest BCUT2D eigenvalue weighted by molar-refractivity contribution is -0.164. The molecule has 0 aromatic carbocycles.